The maximum Gasteiger partial charge on any atom is 0.191 e. The molecule has 0 aromatic heterocycles. The molecule has 22 heavy (non-hydrogen) atoms. The predicted octanol–water partition coefficient (Wildman–Crippen LogP) is 4.72. The zero-order valence-electron chi connectivity index (χ0n) is 12.1. The summed E-state index contributed by atoms with van der Waals surface area (Å²) < 4.78 is 0. The fourth-order valence-corrected chi connectivity index (χ4v) is 2.13. The van der Waals surface area contributed by atoms with E-state index in [1.165, 1.54) is 0 Å². The third-order valence-electron chi connectivity index (χ3n) is 2.71. The molecule has 112 valence electrons. The Bertz CT molecular complexity index is 696. The zero-order valence-corrected chi connectivity index (χ0v) is 13.7. The molecule has 0 heterocycles. The second-order valence-corrected chi connectivity index (χ2v) is 5.48. The van der Waals surface area contributed by atoms with Crippen LogP contribution in [0.2, 0.25) is 5.02 Å². The molecule has 2 aromatic carbocycles. The first-order valence-corrected chi connectivity index (χ1v) is 7.51. The summed E-state index contributed by atoms with van der Waals surface area (Å²) in [7, 11) is 0. The van der Waals surface area contributed by atoms with Gasteiger partial charge in [0.2, 0.25) is 0 Å². The Morgan fingerprint density at radius 1 is 1.14 bits per heavy atom. The van der Waals surface area contributed by atoms with Gasteiger partial charge in [-0.15, -0.1) is 0 Å². The van der Waals surface area contributed by atoms with Gasteiger partial charge in [0.15, 0.2) is 5.11 Å². The second-order valence-electron chi connectivity index (χ2n) is 4.63. The van der Waals surface area contributed by atoms with Gasteiger partial charge in [0.1, 0.15) is 0 Å². The van der Waals surface area contributed by atoms with Gasteiger partial charge in [-0.25, -0.2) is 0 Å². The molecule has 2 rings (SSSR count). The Morgan fingerprint density at radius 2 is 1.91 bits per heavy atom. The van der Waals surface area contributed by atoms with Crippen molar-refractivity contribution in [2.75, 3.05) is 5.32 Å². The van der Waals surface area contributed by atoms with Crippen LogP contribution >= 0.6 is 23.8 Å². The van der Waals surface area contributed by atoms with E-state index in [1.807, 2.05) is 55.5 Å². The van der Waals surface area contributed by atoms with E-state index in [9.17, 15) is 0 Å². The van der Waals surface area contributed by atoms with Crippen molar-refractivity contribution in [2.24, 2.45) is 5.10 Å². The fraction of sp³-hybridized carbons (Fsp3) is 0.0588. The molecule has 2 aromatic rings. The van der Waals surface area contributed by atoms with Gasteiger partial charge in [0, 0.05) is 10.7 Å². The van der Waals surface area contributed by atoms with Crippen molar-refractivity contribution in [1.29, 1.82) is 0 Å². The number of hydrogen-bond donors (Lipinski definition) is 2. The predicted molar refractivity (Wildman–Crippen MR) is 99.4 cm³/mol. The van der Waals surface area contributed by atoms with Crippen LogP contribution in [0.3, 0.4) is 0 Å². The van der Waals surface area contributed by atoms with E-state index in [-0.39, 0.29) is 0 Å². The molecule has 0 aliphatic rings. The summed E-state index contributed by atoms with van der Waals surface area (Å²) in [5.41, 5.74) is 5.74. The molecule has 0 atom stereocenters. The van der Waals surface area contributed by atoms with Gasteiger partial charge >= 0.3 is 0 Å². The lowest BCUT2D eigenvalue weighted by Crippen LogP contribution is -2.23. The minimum absolute atomic E-state index is 0.408. The van der Waals surface area contributed by atoms with Gasteiger partial charge in [0.25, 0.3) is 0 Å². The van der Waals surface area contributed by atoms with Crippen LogP contribution in [-0.2, 0) is 0 Å². The fourth-order valence-electron chi connectivity index (χ4n) is 1.77. The van der Waals surface area contributed by atoms with Gasteiger partial charge < -0.3 is 5.32 Å². The quantitative estimate of drug-likeness (QED) is 0.484. The number of anilines is 1. The molecular formula is C17H16ClN3S. The highest BCUT2D eigenvalue weighted by atomic mass is 35.5. The van der Waals surface area contributed by atoms with Gasteiger partial charge in [-0.3, -0.25) is 5.43 Å². The number of allylic oxidation sites excluding steroid dienone is 1. The Morgan fingerprint density at radius 3 is 2.64 bits per heavy atom. The van der Waals surface area contributed by atoms with Crippen LogP contribution in [0.25, 0.3) is 6.08 Å². The van der Waals surface area contributed by atoms with E-state index in [0.29, 0.717) is 10.1 Å². The summed E-state index contributed by atoms with van der Waals surface area (Å²) in [6.45, 7) is 1.98. The monoisotopic (exact) mass is 329 g/mol. The number of halogens is 1. The van der Waals surface area contributed by atoms with Crippen molar-refractivity contribution in [3.8, 4) is 0 Å². The van der Waals surface area contributed by atoms with Gasteiger partial charge in [-0.05, 0) is 48.5 Å². The molecule has 0 aliphatic heterocycles. The van der Waals surface area contributed by atoms with Crippen LogP contribution in [0.5, 0.6) is 0 Å². The number of nitrogens with one attached hydrogen (secondary N) is 2. The van der Waals surface area contributed by atoms with E-state index in [0.717, 1.165) is 16.8 Å². The Hall–Kier alpha value is -2.17. The molecule has 0 aliphatic carbocycles. The SMILES string of the molecule is CC(C=NNC(=S)Nc1cccc(Cl)c1)=Cc1ccccc1. The van der Waals surface area contributed by atoms with E-state index < -0.39 is 0 Å². The van der Waals surface area contributed by atoms with Crippen molar-refractivity contribution in [2.45, 2.75) is 6.92 Å². The van der Waals surface area contributed by atoms with Crippen molar-refractivity contribution >= 4 is 46.9 Å². The lowest BCUT2D eigenvalue weighted by Gasteiger charge is -2.06. The molecule has 0 bridgehead atoms. The molecule has 0 spiro atoms. The Labute approximate surface area is 140 Å². The number of hydrazone groups is 1. The third-order valence-corrected chi connectivity index (χ3v) is 3.14. The lowest BCUT2D eigenvalue weighted by molar-refractivity contribution is 1.05. The standard InChI is InChI=1S/C17H16ClN3S/c1-13(10-14-6-3-2-4-7-14)12-19-21-17(22)20-16-9-5-8-15(18)11-16/h2-12H,1H3,(H2,20,21,22). The molecule has 0 saturated carbocycles. The van der Waals surface area contributed by atoms with Gasteiger partial charge in [0.05, 0.1) is 6.21 Å². The molecule has 0 saturated heterocycles. The van der Waals surface area contributed by atoms with Crippen LogP contribution in [0.15, 0.2) is 65.3 Å². The third kappa shape index (κ3) is 5.68. The summed E-state index contributed by atoms with van der Waals surface area (Å²) in [6, 6.07) is 17.4. The summed E-state index contributed by atoms with van der Waals surface area (Å²) in [6.07, 6.45) is 3.76. The van der Waals surface area contributed by atoms with Crippen molar-refractivity contribution in [3.05, 3.63) is 70.8 Å². The first kappa shape index (κ1) is 16.2. The molecular weight excluding hydrogens is 314 g/mol. The summed E-state index contributed by atoms with van der Waals surface area (Å²) in [5.74, 6) is 0. The van der Waals surface area contributed by atoms with Crippen LogP contribution in [0, 0.1) is 0 Å². The largest absolute Gasteiger partial charge is 0.331 e. The minimum Gasteiger partial charge on any atom is -0.331 e. The van der Waals surface area contributed by atoms with E-state index in [4.69, 9.17) is 23.8 Å². The molecule has 0 radical (unpaired) electrons. The Balaban J connectivity index is 1.86. The molecule has 0 unspecified atom stereocenters. The summed E-state index contributed by atoms with van der Waals surface area (Å²) >= 11 is 11.1. The normalized spacial score (nSPS) is 11.5. The number of benzene rings is 2. The molecule has 0 fully saturated rings. The maximum absolute atomic E-state index is 5.91. The number of nitrogens with zero attached hydrogens (tertiary/aromatic N) is 1. The highest BCUT2D eigenvalue weighted by Crippen LogP contribution is 2.14. The first-order chi connectivity index (χ1) is 10.6. The summed E-state index contributed by atoms with van der Waals surface area (Å²) in [4.78, 5) is 0. The Kier molecular flexibility index (Phi) is 6.13. The van der Waals surface area contributed by atoms with E-state index in [2.05, 4.69) is 15.8 Å². The topological polar surface area (TPSA) is 36.4 Å². The minimum atomic E-state index is 0.408. The second kappa shape index (κ2) is 8.32. The average molecular weight is 330 g/mol. The molecule has 2 N–H and O–H groups in total. The summed E-state index contributed by atoms with van der Waals surface area (Å²) in [5, 5.41) is 8.17. The van der Waals surface area contributed by atoms with E-state index >= 15 is 0 Å². The molecule has 3 nitrogen and oxygen atoms in total. The van der Waals surface area contributed by atoms with E-state index in [1.54, 1.807) is 18.3 Å². The van der Waals surface area contributed by atoms with Crippen LogP contribution in [0.4, 0.5) is 5.69 Å². The van der Waals surface area contributed by atoms with Crippen molar-refractivity contribution < 1.29 is 0 Å². The van der Waals surface area contributed by atoms with Crippen LogP contribution in [0.1, 0.15) is 12.5 Å². The van der Waals surface area contributed by atoms with Crippen molar-refractivity contribution in [3.63, 3.8) is 0 Å². The highest BCUT2D eigenvalue weighted by molar-refractivity contribution is 7.80. The first-order valence-electron chi connectivity index (χ1n) is 6.72. The maximum atomic E-state index is 5.91. The van der Waals surface area contributed by atoms with Crippen LogP contribution < -0.4 is 10.7 Å². The highest BCUT2D eigenvalue weighted by Gasteiger charge is 1.96. The number of hydrogen-bond acceptors (Lipinski definition) is 2. The lowest BCUT2D eigenvalue weighted by atomic mass is 10.1. The van der Waals surface area contributed by atoms with Gasteiger partial charge in [-0.2, -0.15) is 5.10 Å². The molecule has 0 amide bonds. The number of rotatable bonds is 4. The zero-order chi connectivity index (χ0) is 15.8. The van der Waals surface area contributed by atoms with Crippen LogP contribution in [-0.4, -0.2) is 11.3 Å². The van der Waals surface area contributed by atoms with Gasteiger partial charge in [-0.1, -0.05) is 54.1 Å². The molecule has 5 heteroatoms. The van der Waals surface area contributed by atoms with Crippen molar-refractivity contribution in [1.82, 2.24) is 5.43 Å². The number of thiocarbonyl (C=S) groups is 1. The average Bonchev–Trinajstić information content (AvgIpc) is 2.48. The smallest absolute Gasteiger partial charge is 0.191 e.